The van der Waals surface area contributed by atoms with Gasteiger partial charge in [0.1, 0.15) is 6.29 Å². The molecule has 0 amide bonds. The zero-order chi connectivity index (χ0) is 10.4. The largest absolute Gasteiger partial charge is 0.389 e. The van der Waals surface area contributed by atoms with Gasteiger partial charge in [0.15, 0.2) is 0 Å². The molecule has 0 aliphatic carbocycles. The fourth-order valence-electron chi connectivity index (χ4n) is 1.79. The zero-order valence-electron chi connectivity index (χ0n) is 9.12. The van der Waals surface area contributed by atoms with Crippen molar-refractivity contribution in [2.75, 3.05) is 20.1 Å². The van der Waals surface area contributed by atoms with Gasteiger partial charge in [-0.05, 0) is 33.4 Å². The van der Waals surface area contributed by atoms with E-state index in [0.717, 1.165) is 18.4 Å². The number of allylic oxidation sites excluding steroid dienone is 1. The summed E-state index contributed by atoms with van der Waals surface area (Å²) in [5, 5.41) is 3.20. The van der Waals surface area contributed by atoms with Crippen LogP contribution in [0.3, 0.4) is 0 Å². The Hall–Kier alpha value is -0.830. The van der Waals surface area contributed by atoms with Crippen LogP contribution >= 0.6 is 0 Å². The maximum Gasteiger partial charge on any atom is 0.147 e. The number of hydrogen-bond acceptors (Lipinski definition) is 3. The first-order valence-electron chi connectivity index (χ1n) is 5.29. The van der Waals surface area contributed by atoms with Crippen molar-refractivity contribution in [2.45, 2.75) is 32.2 Å². The summed E-state index contributed by atoms with van der Waals surface area (Å²) in [6, 6.07) is 0.624. The van der Waals surface area contributed by atoms with Crippen LogP contribution in [0.5, 0.6) is 0 Å². The minimum Gasteiger partial charge on any atom is -0.389 e. The van der Waals surface area contributed by atoms with Crippen molar-refractivity contribution in [3.8, 4) is 0 Å². The summed E-state index contributed by atoms with van der Waals surface area (Å²) < 4.78 is 0. The van der Waals surface area contributed by atoms with Crippen molar-refractivity contribution in [2.24, 2.45) is 0 Å². The van der Waals surface area contributed by atoms with E-state index >= 15 is 0 Å². The number of hydrogen-bond donors (Lipinski definition) is 1. The van der Waals surface area contributed by atoms with E-state index in [4.69, 9.17) is 0 Å². The molecule has 3 heteroatoms. The molecular formula is C11H20N2O. The molecule has 1 rings (SSSR count). The number of carbonyl (C=O) groups excluding carboxylic acids is 1. The molecule has 3 nitrogen and oxygen atoms in total. The van der Waals surface area contributed by atoms with E-state index in [1.54, 1.807) is 6.20 Å². The van der Waals surface area contributed by atoms with E-state index in [2.05, 4.69) is 17.3 Å². The van der Waals surface area contributed by atoms with Gasteiger partial charge in [-0.2, -0.15) is 0 Å². The van der Waals surface area contributed by atoms with Crippen LogP contribution < -0.4 is 5.32 Å². The molecule has 0 aromatic carbocycles. The van der Waals surface area contributed by atoms with Crippen LogP contribution in [0.1, 0.15) is 26.2 Å². The van der Waals surface area contributed by atoms with Gasteiger partial charge in [0.25, 0.3) is 0 Å². The Morgan fingerprint density at radius 3 is 3.00 bits per heavy atom. The highest BCUT2D eigenvalue weighted by molar-refractivity contribution is 5.71. The summed E-state index contributed by atoms with van der Waals surface area (Å²) in [5.74, 6) is 0. The predicted octanol–water partition coefficient (Wildman–Crippen LogP) is 1.16. The highest BCUT2D eigenvalue weighted by Gasteiger charge is 2.17. The minimum atomic E-state index is 0.624. The van der Waals surface area contributed by atoms with Crippen LogP contribution in [-0.2, 0) is 4.79 Å². The maximum atomic E-state index is 10.3. The van der Waals surface area contributed by atoms with E-state index in [1.165, 1.54) is 25.8 Å². The van der Waals surface area contributed by atoms with Crippen molar-refractivity contribution >= 4 is 6.29 Å². The van der Waals surface area contributed by atoms with E-state index in [-0.39, 0.29) is 0 Å². The second-order valence-electron chi connectivity index (χ2n) is 4.04. The number of piperidine rings is 1. The van der Waals surface area contributed by atoms with Crippen molar-refractivity contribution in [3.05, 3.63) is 11.8 Å². The number of rotatable bonds is 4. The monoisotopic (exact) mass is 196 g/mol. The summed E-state index contributed by atoms with van der Waals surface area (Å²) >= 11 is 0. The molecule has 1 atom stereocenters. The Balaban J connectivity index is 2.26. The molecule has 0 aromatic rings. The molecule has 0 saturated carbocycles. The van der Waals surface area contributed by atoms with Gasteiger partial charge in [0.2, 0.25) is 0 Å². The molecular weight excluding hydrogens is 176 g/mol. The molecule has 1 aliphatic heterocycles. The van der Waals surface area contributed by atoms with Crippen LogP contribution in [0.25, 0.3) is 0 Å². The van der Waals surface area contributed by atoms with Gasteiger partial charge >= 0.3 is 0 Å². The third-order valence-corrected chi connectivity index (χ3v) is 2.79. The second kappa shape index (κ2) is 5.81. The van der Waals surface area contributed by atoms with E-state index in [1.807, 2.05) is 6.92 Å². The molecule has 1 heterocycles. The SMILES string of the molecule is C/C(C=O)=C\NCC1CCCCN1C. The number of carbonyl (C=O) groups is 1. The molecule has 80 valence electrons. The molecule has 1 saturated heterocycles. The molecule has 1 unspecified atom stereocenters. The van der Waals surface area contributed by atoms with E-state index in [9.17, 15) is 4.79 Å². The van der Waals surface area contributed by atoms with Gasteiger partial charge in [-0.1, -0.05) is 6.42 Å². The minimum absolute atomic E-state index is 0.624. The lowest BCUT2D eigenvalue weighted by atomic mass is 10.0. The van der Waals surface area contributed by atoms with Gasteiger partial charge in [0, 0.05) is 24.4 Å². The predicted molar refractivity (Wildman–Crippen MR) is 58.1 cm³/mol. The molecule has 1 aliphatic rings. The number of likely N-dealkylation sites (tertiary alicyclic amines) is 1. The van der Waals surface area contributed by atoms with Crippen molar-refractivity contribution in [1.29, 1.82) is 0 Å². The smallest absolute Gasteiger partial charge is 0.147 e. The van der Waals surface area contributed by atoms with Gasteiger partial charge in [0.05, 0.1) is 0 Å². The molecule has 0 bridgehead atoms. The van der Waals surface area contributed by atoms with Crippen LogP contribution in [0.4, 0.5) is 0 Å². The van der Waals surface area contributed by atoms with Gasteiger partial charge in [-0.3, -0.25) is 4.79 Å². The quantitative estimate of drug-likeness (QED) is 0.541. The third kappa shape index (κ3) is 3.50. The lowest BCUT2D eigenvalue weighted by Crippen LogP contribution is -2.42. The summed E-state index contributed by atoms with van der Waals surface area (Å²) in [7, 11) is 2.17. The lowest BCUT2D eigenvalue weighted by Gasteiger charge is -2.32. The van der Waals surface area contributed by atoms with Crippen molar-refractivity contribution in [1.82, 2.24) is 10.2 Å². The zero-order valence-corrected chi connectivity index (χ0v) is 9.12. The fraction of sp³-hybridized carbons (Fsp3) is 0.727. The number of nitrogens with one attached hydrogen (secondary N) is 1. The third-order valence-electron chi connectivity index (χ3n) is 2.79. The molecule has 1 fully saturated rings. The Labute approximate surface area is 86.2 Å². The summed E-state index contributed by atoms with van der Waals surface area (Å²) in [4.78, 5) is 12.7. The highest BCUT2D eigenvalue weighted by atomic mass is 16.1. The van der Waals surface area contributed by atoms with E-state index < -0.39 is 0 Å². The van der Waals surface area contributed by atoms with Crippen LogP contribution in [-0.4, -0.2) is 37.4 Å². The first-order valence-corrected chi connectivity index (χ1v) is 5.29. The molecule has 1 N–H and O–H groups in total. The van der Waals surface area contributed by atoms with Gasteiger partial charge < -0.3 is 10.2 Å². The standard InChI is InChI=1S/C11H20N2O/c1-10(9-14)7-12-8-11-5-3-4-6-13(11)2/h7,9,11-12H,3-6,8H2,1-2H3/b10-7+. The molecule has 0 spiro atoms. The maximum absolute atomic E-state index is 10.3. The fourth-order valence-corrected chi connectivity index (χ4v) is 1.79. The van der Waals surface area contributed by atoms with Crippen molar-refractivity contribution < 1.29 is 4.79 Å². The molecule has 14 heavy (non-hydrogen) atoms. The molecule has 0 radical (unpaired) electrons. The lowest BCUT2D eigenvalue weighted by molar-refractivity contribution is -0.104. The Kier molecular flexibility index (Phi) is 4.66. The summed E-state index contributed by atoms with van der Waals surface area (Å²) in [5.41, 5.74) is 0.753. The first-order chi connectivity index (χ1) is 6.74. The van der Waals surface area contributed by atoms with Gasteiger partial charge in [-0.25, -0.2) is 0 Å². The van der Waals surface area contributed by atoms with E-state index in [0.29, 0.717) is 6.04 Å². The normalized spacial score (nSPS) is 24.7. The average Bonchev–Trinajstić information content (AvgIpc) is 2.20. The Morgan fingerprint density at radius 2 is 2.36 bits per heavy atom. The van der Waals surface area contributed by atoms with Gasteiger partial charge in [-0.15, -0.1) is 0 Å². The Bertz CT molecular complexity index is 213. The summed E-state index contributed by atoms with van der Waals surface area (Å²) in [6.45, 7) is 3.95. The topological polar surface area (TPSA) is 32.3 Å². The van der Waals surface area contributed by atoms with Crippen LogP contribution in [0.15, 0.2) is 11.8 Å². The first kappa shape index (κ1) is 11.2. The highest BCUT2D eigenvalue weighted by Crippen LogP contribution is 2.13. The second-order valence-corrected chi connectivity index (χ2v) is 4.04. The van der Waals surface area contributed by atoms with Crippen molar-refractivity contribution in [3.63, 3.8) is 0 Å². The molecule has 0 aromatic heterocycles. The summed E-state index contributed by atoms with van der Waals surface area (Å²) in [6.07, 6.45) is 6.58. The number of likely N-dealkylation sites (N-methyl/N-ethyl adjacent to an activating group) is 1. The Morgan fingerprint density at radius 1 is 1.57 bits per heavy atom. The average molecular weight is 196 g/mol. The number of aldehydes is 1. The van der Waals surface area contributed by atoms with Crippen LogP contribution in [0, 0.1) is 0 Å². The number of nitrogens with zero attached hydrogens (tertiary/aromatic N) is 1. The van der Waals surface area contributed by atoms with Crippen LogP contribution in [0.2, 0.25) is 0 Å².